The molecule has 36 heavy (non-hydrogen) atoms. The monoisotopic (exact) mass is 511 g/mol. The van der Waals surface area contributed by atoms with Crippen molar-refractivity contribution in [1.82, 2.24) is 9.55 Å². The molecule has 0 spiro atoms. The number of nitro groups is 1. The van der Waals surface area contributed by atoms with Gasteiger partial charge in [0, 0.05) is 47.1 Å². The van der Waals surface area contributed by atoms with Gasteiger partial charge in [-0.3, -0.25) is 4.57 Å². The lowest BCUT2D eigenvalue weighted by Gasteiger charge is -2.40. The molecule has 0 saturated carbocycles. The van der Waals surface area contributed by atoms with Gasteiger partial charge < -0.3 is 29.4 Å². The lowest BCUT2D eigenvalue weighted by Crippen LogP contribution is -2.45. The van der Waals surface area contributed by atoms with E-state index in [4.69, 9.17) is 21.1 Å². The zero-order valence-electron chi connectivity index (χ0n) is 20.5. The Hall–Kier alpha value is -3.46. The highest BCUT2D eigenvalue weighted by Crippen LogP contribution is 2.32. The van der Waals surface area contributed by atoms with Crippen LogP contribution in [0.25, 0.3) is 0 Å². The van der Waals surface area contributed by atoms with Crippen LogP contribution < -0.4 is 19.3 Å². The average molecular weight is 512 g/mol. The molecular formula is C26H30ClN5O4. The van der Waals surface area contributed by atoms with Crippen LogP contribution in [0.15, 0.2) is 54.7 Å². The first-order valence-corrected chi connectivity index (χ1v) is 12.6. The Labute approximate surface area is 215 Å². The Balaban J connectivity index is 1.13. The van der Waals surface area contributed by atoms with Crippen molar-refractivity contribution in [2.75, 3.05) is 36.0 Å². The highest BCUT2D eigenvalue weighted by molar-refractivity contribution is 6.30. The minimum absolute atomic E-state index is 0.208. The number of rotatable bonds is 8. The lowest BCUT2D eigenvalue weighted by molar-refractivity contribution is -0.389. The zero-order valence-corrected chi connectivity index (χ0v) is 21.2. The molecule has 1 fully saturated rings. The van der Waals surface area contributed by atoms with Crippen molar-refractivity contribution in [1.29, 1.82) is 0 Å². The second-order valence-corrected chi connectivity index (χ2v) is 10.0. The Bertz CT molecular complexity index is 1180. The summed E-state index contributed by atoms with van der Waals surface area (Å²) in [6.45, 7) is 7.84. The van der Waals surface area contributed by atoms with Gasteiger partial charge in [0.05, 0.1) is 6.54 Å². The van der Waals surface area contributed by atoms with Crippen molar-refractivity contribution >= 4 is 28.8 Å². The number of hydrogen-bond donors (Lipinski definition) is 0. The van der Waals surface area contributed by atoms with Crippen LogP contribution in [0, 0.1) is 10.1 Å². The van der Waals surface area contributed by atoms with E-state index in [-0.39, 0.29) is 11.8 Å². The summed E-state index contributed by atoms with van der Waals surface area (Å²) in [5, 5.41) is 11.7. The van der Waals surface area contributed by atoms with Crippen LogP contribution in [0.4, 0.5) is 17.2 Å². The summed E-state index contributed by atoms with van der Waals surface area (Å²) in [4.78, 5) is 19.2. The molecule has 9 nitrogen and oxygen atoms in total. The number of halogens is 1. The van der Waals surface area contributed by atoms with E-state index < -0.39 is 10.5 Å². The molecule has 1 saturated heterocycles. The molecule has 0 radical (unpaired) electrons. The van der Waals surface area contributed by atoms with Crippen molar-refractivity contribution in [2.45, 2.75) is 44.9 Å². The molecule has 0 N–H and O–H groups in total. The van der Waals surface area contributed by atoms with Crippen LogP contribution >= 0.6 is 11.6 Å². The molecule has 2 aromatic carbocycles. The highest BCUT2D eigenvalue weighted by Gasteiger charge is 2.41. The van der Waals surface area contributed by atoms with E-state index >= 15 is 0 Å². The lowest BCUT2D eigenvalue weighted by atomic mass is 10.0. The Morgan fingerprint density at radius 1 is 1.19 bits per heavy atom. The molecule has 2 aliphatic rings. The van der Waals surface area contributed by atoms with Gasteiger partial charge in [-0.2, -0.15) is 0 Å². The minimum atomic E-state index is -0.632. The van der Waals surface area contributed by atoms with Crippen LogP contribution in [0.2, 0.25) is 5.02 Å². The van der Waals surface area contributed by atoms with E-state index in [0.29, 0.717) is 19.2 Å². The zero-order chi connectivity index (χ0) is 25.3. The first-order valence-electron chi connectivity index (χ1n) is 12.2. The molecule has 1 atom stereocenters. The molecule has 0 aliphatic carbocycles. The maximum atomic E-state index is 10.9. The van der Waals surface area contributed by atoms with Crippen LogP contribution in [0.3, 0.4) is 0 Å². The second-order valence-electron chi connectivity index (χ2n) is 9.58. The van der Waals surface area contributed by atoms with E-state index in [9.17, 15) is 10.1 Å². The molecule has 3 aromatic rings. The molecule has 3 heterocycles. The summed E-state index contributed by atoms with van der Waals surface area (Å²) in [5.74, 6) is 0.550. The summed E-state index contributed by atoms with van der Waals surface area (Å²) < 4.78 is 13.5. The fourth-order valence-electron chi connectivity index (χ4n) is 5.07. The topological polar surface area (TPSA) is 85.9 Å². The normalized spacial score (nSPS) is 19.6. The summed E-state index contributed by atoms with van der Waals surface area (Å²) in [6.07, 6.45) is 3.59. The Morgan fingerprint density at radius 2 is 1.89 bits per heavy atom. The van der Waals surface area contributed by atoms with Gasteiger partial charge in [0.25, 0.3) is 0 Å². The average Bonchev–Trinajstić information content (AvgIpc) is 3.41. The van der Waals surface area contributed by atoms with Gasteiger partial charge in [-0.25, -0.2) is 0 Å². The smallest absolute Gasteiger partial charge is 0.415 e. The van der Waals surface area contributed by atoms with Crippen LogP contribution in [0.5, 0.6) is 11.8 Å². The maximum Gasteiger partial charge on any atom is 0.415 e. The van der Waals surface area contributed by atoms with E-state index in [2.05, 4.69) is 46.0 Å². The minimum Gasteiger partial charge on any atom is -0.489 e. The maximum absolute atomic E-state index is 10.9. The second kappa shape index (κ2) is 9.89. The summed E-state index contributed by atoms with van der Waals surface area (Å²) >= 11 is 6.07. The number of ether oxygens (including phenoxy) is 2. The fraction of sp³-hybridized carbons (Fsp3) is 0.423. The highest BCUT2D eigenvalue weighted by atomic mass is 35.5. The van der Waals surface area contributed by atoms with Crippen molar-refractivity contribution in [3.05, 3.63) is 69.9 Å². The number of fused-ring (bicyclic) bond motifs is 1. The number of benzene rings is 2. The number of imidazole rings is 1. The molecule has 0 amide bonds. The van der Waals surface area contributed by atoms with Crippen LogP contribution in [-0.2, 0) is 6.54 Å². The third kappa shape index (κ3) is 5.06. The molecule has 1 unspecified atom stereocenters. The molecular weight excluding hydrogens is 482 g/mol. The largest absolute Gasteiger partial charge is 0.489 e. The first kappa shape index (κ1) is 24.2. The summed E-state index contributed by atoms with van der Waals surface area (Å²) in [7, 11) is 0. The van der Waals surface area contributed by atoms with Gasteiger partial charge in [-0.1, -0.05) is 11.6 Å². The van der Waals surface area contributed by atoms with Gasteiger partial charge in [0.15, 0.2) is 5.60 Å². The third-order valence-electron chi connectivity index (χ3n) is 6.91. The van der Waals surface area contributed by atoms with E-state index in [1.165, 1.54) is 17.6 Å². The predicted octanol–water partition coefficient (Wildman–Crippen LogP) is 5.17. The SMILES string of the molecule is CCN(c1ccc(Cl)cc1)C1CCN(c2ccc(OCC3(C)Cn4cc([N+](=O)[O-])nc4O3)cc2)CC1. The molecule has 190 valence electrons. The van der Waals surface area contributed by atoms with Crippen molar-refractivity contribution in [2.24, 2.45) is 0 Å². The summed E-state index contributed by atoms with van der Waals surface area (Å²) in [5.41, 5.74) is 1.78. The number of hydrogen-bond acceptors (Lipinski definition) is 7. The Kier molecular flexibility index (Phi) is 6.66. The molecule has 1 aromatic heterocycles. The summed E-state index contributed by atoms with van der Waals surface area (Å²) in [6, 6.07) is 17.0. The van der Waals surface area contributed by atoms with Gasteiger partial charge >= 0.3 is 11.8 Å². The third-order valence-corrected chi connectivity index (χ3v) is 7.16. The van der Waals surface area contributed by atoms with E-state index in [1.54, 1.807) is 4.57 Å². The molecule has 10 heteroatoms. The van der Waals surface area contributed by atoms with E-state index in [1.807, 2.05) is 31.2 Å². The van der Waals surface area contributed by atoms with Crippen molar-refractivity contribution in [3.63, 3.8) is 0 Å². The van der Waals surface area contributed by atoms with Crippen LogP contribution in [-0.4, -0.2) is 52.4 Å². The fourth-order valence-corrected chi connectivity index (χ4v) is 5.19. The Morgan fingerprint density at radius 3 is 2.50 bits per heavy atom. The number of nitrogens with zero attached hydrogens (tertiary/aromatic N) is 5. The van der Waals surface area contributed by atoms with Gasteiger partial charge in [0.1, 0.15) is 18.6 Å². The molecule has 5 rings (SSSR count). The van der Waals surface area contributed by atoms with Gasteiger partial charge in [-0.15, -0.1) is 0 Å². The van der Waals surface area contributed by atoms with Gasteiger partial charge in [0.2, 0.25) is 0 Å². The number of aromatic nitrogens is 2. The van der Waals surface area contributed by atoms with Gasteiger partial charge in [-0.05, 0) is 80.1 Å². The number of piperidine rings is 1. The van der Waals surface area contributed by atoms with Crippen LogP contribution in [0.1, 0.15) is 26.7 Å². The molecule has 0 bridgehead atoms. The first-order chi connectivity index (χ1) is 17.3. The van der Waals surface area contributed by atoms with E-state index in [0.717, 1.165) is 43.2 Å². The molecule has 2 aliphatic heterocycles. The predicted molar refractivity (Wildman–Crippen MR) is 140 cm³/mol. The quantitative estimate of drug-likeness (QED) is 0.304. The van der Waals surface area contributed by atoms with Crippen molar-refractivity contribution in [3.8, 4) is 11.8 Å². The standard InChI is InChI=1S/C26H30ClN5O4/c1-3-31(21-6-4-19(27)5-7-21)22-12-14-29(15-13-22)20-8-10-23(11-9-20)35-18-26(2)17-30-16-24(32(33)34)28-25(30)36-26/h4-11,16,22H,3,12-15,17-18H2,1-2H3. The number of anilines is 2. The van der Waals surface area contributed by atoms with Crippen molar-refractivity contribution < 1.29 is 14.4 Å².